The summed E-state index contributed by atoms with van der Waals surface area (Å²) < 4.78 is 0. The van der Waals surface area contributed by atoms with Crippen LogP contribution in [0.3, 0.4) is 0 Å². The van der Waals surface area contributed by atoms with Crippen LogP contribution in [0.4, 0.5) is 0 Å². The molecule has 0 N–H and O–H groups in total. The van der Waals surface area contributed by atoms with E-state index in [1.165, 1.54) is 12.0 Å². The number of ketones is 1. The third-order valence-electron chi connectivity index (χ3n) is 4.24. The number of benzene rings is 1. The highest BCUT2D eigenvalue weighted by Gasteiger charge is 2.40. The molecular formula is C15H20O. The number of rotatable bonds is 2. The summed E-state index contributed by atoms with van der Waals surface area (Å²) in [6.45, 7) is 4.34. The summed E-state index contributed by atoms with van der Waals surface area (Å²) in [6.07, 6.45) is 4.09. The van der Waals surface area contributed by atoms with Gasteiger partial charge in [-0.05, 0) is 24.3 Å². The molecule has 2 unspecified atom stereocenters. The lowest BCUT2D eigenvalue weighted by Crippen LogP contribution is -2.35. The predicted molar refractivity (Wildman–Crippen MR) is 66.4 cm³/mol. The highest BCUT2D eigenvalue weighted by atomic mass is 16.1. The van der Waals surface area contributed by atoms with Crippen molar-refractivity contribution in [1.29, 1.82) is 0 Å². The molecule has 1 heteroatoms. The monoisotopic (exact) mass is 216 g/mol. The minimum atomic E-state index is -0.139. The summed E-state index contributed by atoms with van der Waals surface area (Å²) in [5.74, 6) is 0.789. The average molecular weight is 216 g/mol. The topological polar surface area (TPSA) is 17.1 Å². The lowest BCUT2D eigenvalue weighted by molar-refractivity contribution is -0.131. The first-order chi connectivity index (χ1) is 7.64. The molecule has 0 aliphatic heterocycles. The predicted octanol–water partition coefficient (Wildman–Crippen LogP) is 3.94. The van der Waals surface area contributed by atoms with Gasteiger partial charge in [-0.25, -0.2) is 0 Å². The van der Waals surface area contributed by atoms with Gasteiger partial charge >= 0.3 is 0 Å². The molecule has 16 heavy (non-hydrogen) atoms. The molecule has 0 bridgehead atoms. The van der Waals surface area contributed by atoms with Gasteiger partial charge in [-0.3, -0.25) is 4.79 Å². The molecule has 0 spiro atoms. The van der Waals surface area contributed by atoms with E-state index in [9.17, 15) is 4.79 Å². The quantitative estimate of drug-likeness (QED) is 0.731. The van der Waals surface area contributed by atoms with Crippen LogP contribution in [0.2, 0.25) is 0 Å². The molecule has 0 amide bonds. The Kier molecular flexibility index (Phi) is 3.13. The number of Topliss-reactive ketones (excluding diaryl/α,β-unsaturated/α-hetero) is 1. The van der Waals surface area contributed by atoms with Crippen molar-refractivity contribution in [1.82, 2.24) is 0 Å². The standard InChI is InChI=1S/C15H20O/c1-12(13-8-4-3-5-9-13)15(2)11-7-6-10-14(15)16/h3-5,8-9,12H,6-7,10-11H2,1-2H3. The van der Waals surface area contributed by atoms with E-state index in [1.54, 1.807) is 0 Å². The van der Waals surface area contributed by atoms with Crippen LogP contribution in [0.5, 0.6) is 0 Å². The van der Waals surface area contributed by atoms with Crippen molar-refractivity contribution in [2.75, 3.05) is 0 Å². The molecular weight excluding hydrogens is 196 g/mol. The van der Waals surface area contributed by atoms with Crippen LogP contribution in [-0.4, -0.2) is 5.78 Å². The van der Waals surface area contributed by atoms with E-state index in [4.69, 9.17) is 0 Å². The van der Waals surface area contributed by atoms with Gasteiger partial charge in [-0.1, -0.05) is 50.6 Å². The fourth-order valence-electron chi connectivity index (χ4n) is 2.77. The highest BCUT2D eigenvalue weighted by molar-refractivity contribution is 5.86. The molecule has 0 radical (unpaired) electrons. The van der Waals surface area contributed by atoms with Crippen molar-refractivity contribution >= 4 is 5.78 Å². The Morgan fingerprint density at radius 1 is 1.19 bits per heavy atom. The van der Waals surface area contributed by atoms with Gasteiger partial charge < -0.3 is 0 Å². The molecule has 2 rings (SSSR count). The van der Waals surface area contributed by atoms with Crippen LogP contribution in [0.25, 0.3) is 0 Å². The Morgan fingerprint density at radius 3 is 2.50 bits per heavy atom. The summed E-state index contributed by atoms with van der Waals surface area (Å²) in [5, 5.41) is 0. The first kappa shape index (κ1) is 11.4. The van der Waals surface area contributed by atoms with Crippen molar-refractivity contribution in [2.45, 2.75) is 45.4 Å². The number of carbonyl (C=O) groups excluding carboxylic acids is 1. The van der Waals surface area contributed by atoms with E-state index < -0.39 is 0 Å². The largest absolute Gasteiger partial charge is 0.299 e. The van der Waals surface area contributed by atoms with Gasteiger partial charge in [-0.2, -0.15) is 0 Å². The fraction of sp³-hybridized carbons (Fsp3) is 0.533. The van der Waals surface area contributed by atoms with Gasteiger partial charge in [0.15, 0.2) is 0 Å². The molecule has 0 heterocycles. The molecule has 1 fully saturated rings. The van der Waals surface area contributed by atoms with Crippen molar-refractivity contribution in [2.24, 2.45) is 5.41 Å². The smallest absolute Gasteiger partial charge is 0.139 e. The Balaban J connectivity index is 2.26. The van der Waals surface area contributed by atoms with E-state index >= 15 is 0 Å². The molecule has 86 valence electrons. The van der Waals surface area contributed by atoms with Gasteiger partial charge in [0.05, 0.1) is 0 Å². The third-order valence-corrected chi connectivity index (χ3v) is 4.24. The fourth-order valence-corrected chi connectivity index (χ4v) is 2.77. The van der Waals surface area contributed by atoms with E-state index in [0.29, 0.717) is 11.7 Å². The summed E-state index contributed by atoms with van der Waals surface area (Å²) in [6, 6.07) is 10.4. The molecule has 1 saturated carbocycles. The minimum Gasteiger partial charge on any atom is -0.299 e. The van der Waals surface area contributed by atoms with Crippen LogP contribution in [-0.2, 0) is 4.79 Å². The van der Waals surface area contributed by atoms with Crippen LogP contribution in [0.15, 0.2) is 30.3 Å². The second-order valence-electron chi connectivity index (χ2n) is 5.18. The zero-order valence-electron chi connectivity index (χ0n) is 10.2. The van der Waals surface area contributed by atoms with Gasteiger partial charge in [0.2, 0.25) is 0 Å². The number of hydrogen-bond donors (Lipinski definition) is 0. The first-order valence-electron chi connectivity index (χ1n) is 6.23. The van der Waals surface area contributed by atoms with Crippen molar-refractivity contribution < 1.29 is 4.79 Å². The van der Waals surface area contributed by atoms with Crippen LogP contribution >= 0.6 is 0 Å². The Bertz CT molecular complexity index is 368. The molecule has 0 saturated heterocycles. The van der Waals surface area contributed by atoms with E-state index in [-0.39, 0.29) is 5.41 Å². The molecule has 2 atom stereocenters. The second-order valence-corrected chi connectivity index (χ2v) is 5.18. The number of hydrogen-bond acceptors (Lipinski definition) is 1. The van der Waals surface area contributed by atoms with Crippen LogP contribution in [0, 0.1) is 5.41 Å². The van der Waals surface area contributed by atoms with E-state index in [1.807, 2.05) is 6.07 Å². The lowest BCUT2D eigenvalue weighted by Gasteiger charge is -2.37. The maximum atomic E-state index is 12.1. The van der Waals surface area contributed by atoms with Gasteiger partial charge in [0.1, 0.15) is 5.78 Å². The van der Waals surface area contributed by atoms with E-state index in [0.717, 1.165) is 19.3 Å². The summed E-state index contributed by atoms with van der Waals surface area (Å²) in [7, 11) is 0. The second kappa shape index (κ2) is 4.40. The minimum absolute atomic E-state index is 0.139. The Hall–Kier alpha value is -1.11. The first-order valence-corrected chi connectivity index (χ1v) is 6.23. The summed E-state index contributed by atoms with van der Waals surface area (Å²) in [5.41, 5.74) is 1.15. The van der Waals surface area contributed by atoms with Gasteiger partial charge in [-0.15, -0.1) is 0 Å². The normalized spacial score (nSPS) is 27.8. The van der Waals surface area contributed by atoms with Crippen molar-refractivity contribution in [3.05, 3.63) is 35.9 Å². The Labute approximate surface area is 97.9 Å². The average Bonchev–Trinajstić information content (AvgIpc) is 2.33. The molecule has 0 aromatic heterocycles. The lowest BCUT2D eigenvalue weighted by atomic mass is 9.65. The number of carbonyl (C=O) groups is 1. The van der Waals surface area contributed by atoms with Crippen molar-refractivity contribution in [3.8, 4) is 0 Å². The Morgan fingerprint density at radius 2 is 1.88 bits per heavy atom. The maximum absolute atomic E-state index is 12.1. The highest BCUT2D eigenvalue weighted by Crippen LogP contribution is 2.44. The SMILES string of the molecule is CC(c1ccccc1)C1(C)CCCCC1=O. The van der Waals surface area contributed by atoms with E-state index in [2.05, 4.69) is 38.1 Å². The zero-order chi connectivity index (χ0) is 11.6. The van der Waals surface area contributed by atoms with Crippen molar-refractivity contribution in [3.63, 3.8) is 0 Å². The zero-order valence-corrected chi connectivity index (χ0v) is 10.2. The van der Waals surface area contributed by atoms with Gasteiger partial charge in [0.25, 0.3) is 0 Å². The summed E-state index contributed by atoms with van der Waals surface area (Å²) >= 11 is 0. The van der Waals surface area contributed by atoms with Crippen LogP contribution in [0.1, 0.15) is 51.0 Å². The molecule has 1 aliphatic carbocycles. The summed E-state index contributed by atoms with van der Waals surface area (Å²) in [4.78, 5) is 12.1. The molecule has 1 aliphatic rings. The molecule has 1 nitrogen and oxygen atoms in total. The third kappa shape index (κ3) is 1.91. The maximum Gasteiger partial charge on any atom is 0.139 e. The molecule has 1 aromatic rings. The van der Waals surface area contributed by atoms with Crippen LogP contribution < -0.4 is 0 Å². The van der Waals surface area contributed by atoms with Gasteiger partial charge in [0, 0.05) is 11.8 Å². The molecule has 1 aromatic carbocycles.